The Morgan fingerprint density at radius 2 is 1.91 bits per heavy atom. The molecule has 0 spiro atoms. The van der Waals surface area contributed by atoms with Crippen molar-refractivity contribution in [3.8, 4) is 5.75 Å². The molecule has 9 atom stereocenters. The van der Waals surface area contributed by atoms with Crippen molar-refractivity contribution < 1.29 is 38.8 Å². The van der Waals surface area contributed by atoms with E-state index in [0.717, 1.165) is 18.4 Å². The van der Waals surface area contributed by atoms with E-state index in [1.165, 1.54) is 0 Å². The molecule has 0 radical (unpaired) electrons. The van der Waals surface area contributed by atoms with Gasteiger partial charge in [-0.15, -0.1) is 0 Å². The van der Waals surface area contributed by atoms with E-state index in [4.69, 9.17) is 19.9 Å². The molecule has 4 N–H and O–H groups in total. The van der Waals surface area contributed by atoms with Gasteiger partial charge < -0.3 is 30.2 Å². The molecule has 4 fully saturated rings. The number of Topliss-reactive ketones (excluding diaryl/α,β-unsaturated/α-hetero) is 1. The maximum absolute atomic E-state index is 13.7. The summed E-state index contributed by atoms with van der Waals surface area (Å²) in [6.07, 6.45) is 5.40. The number of carbonyl (C=O) groups is 3. The van der Waals surface area contributed by atoms with Gasteiger partial charge in [0.2, 0.25) is 0 Å². The van der Waals surface area contributed by atoms with E-state index in [1.807, 2.05) is 13.0 Å². The van der Waals surface area contributed by atoms with Crippen molar-refractivity contribution in [1.29, 1.82) is 0 Å². The van der Waals surface area contributed by atoms with Gasteiger partial charge >= 0.3 is 5.97 Å². The second kappa shape index (κ2) is 10.2. The first-order valence-electron chi connectivity index (χ1n) is 15.3. The SMILES string of the molecule is C[C@]12C=CC(=O)C=C1CC[C@@H]1[C@@H]2[C@@H](O)C[C@@]2(C)[C@H]1C[C@H]1O[C@@H](c3ccc(C(=O)Oc4cccc(N)c4)cc3)O[C@]12C(=O)CO. The third-order valence-corrected chi connectivity index (χ3v) is 11.3. The van der Waals surface area contributed by atoms with Gasteiger partial charge in [-0.05, 0) is 73.9 Å². The van der Waals surface area contributed by atoms with Gasteiger partial charge in [-0.3, -0.25) is 9.59 Å². The van der Waals surface area contributed by atoms with Gasteiger partial charge in [0.1, 0.15) is 12.4 Å². The van der Waals surface area contributed by atoms with Crippen LogP contribution >= 0.6 is 0 Å². The molecule has 1 heterocycles. The van der Waals surface area contributed by atoms with Gasteiger partial charge in [-0.2, -0.15) is 0 Å². The van der Waals surface area contributed by atoms with Crippen LogP contribution in [0.15, 0.2) is 72.3 Å². The molecule has 0 aromatic heterocycles. The Hall–Kier alpha value is -3.63. The predicted octanol–water partition coefficient (Wildman–Crippen LogP) is 4.09. The maximum Gasteiger partial charge on any atom is 0.343 e. The van der Waals surface area contributed by atoms with Gasteiger partial charge in [0.25, 0.3) is 0 Å². The molecule has 1 saturated heterocycles. The standard InChI is InChI=1S/C35H37NO8/c1-33-13-12-23(38)14-21(33)10-11-25-26-16-29-35(28(40)18-37,34(26,2)17-27(39)30(25)33)44-32(43-29)20-8-6-19(7-9-20)31(41)42-24-5-3-4-22(36)15-24/h3-9,12-15,25-27,29-30,32,37,39H,10-11,16-18,36H2,1-2H3/t25-,26-,27-,29+,30+,32+,33-,34-,35+/m0/s1. The predicted molar refractivity (Wildman–Crippen MR) is 159 cm³/mol. The zero-order valence-electron chi connectivity index (χ0n) is 24.8. The number of benzene rings is 2. The Bertz CT molecular complexity index is 1600. The molecule has 0 amide bonds. The van der Waals surface area contributed by atoms with Crippen LogP contribution in [0.25, 0.3) is 0 Å². The van der Waals surface area contributed by atoms with Gasteiger partial charge in [0, 0.05) is 34.1 Å². The number of aliphatic hydroxyl groups is 2. The number of fused-ring (bicyclic) bond motifs is 7. The number of hydrogen-bond donors (Lipinski definition) is 3. The summed E-state index contributed by atoms with van der Waals surface area (Å²) in [7, 11) is 0. The lowest BCUT2D eigenvalue weighted by molar-refractivity contribution is -0.201. The summed E-state index contributed by atoms with van der Waals surface area (Å²) in [6.45, 7) is 3.40. The van der Waals surface area contributed by atoms with E-state index < -0.39 is 53.3 Å². The van der Waals surface area contributed by atoms with Gasteiger partial charge in [0.15, 0.2) is 23.5 Å². The maximum atomic E-state index is 13.7. The smallest absolute Gasteiger partial charge is 0.343 e. The highest BCUT2D eigenvalue weighted by molar-refractivity contribution is 6.01. The molecule has 7 rings (SSSR count). The molecular weight excluding hydrogens is 562 g/mol. The van der Waals surface area contributed by atoms with Crippen LogP contribution in [0.3, 0.4) is 0 Å². The van der Waals surface area contributed by atoms with E-state index in [9.17, 15) is 24.6 Å². The van der Waals surface area contributed by atoms with Crippen LogP contribution < -0.4 is 10.5 Å². The molecule has 1 aliphatic heterocycles. The number of ether oxygens (including phenoxy) is 3. The Kier molecular flexibility index (Phi) is 6.75. The number of ketones is 2. The van der Waals surface area contributed by atoms with Crippen LogP contribution in [0.5, 0.6) is 5.75 Å². The molecule has 9 heteroatoms. The van der Waals surface area contributed by atoms with E-state index in [1.54, 1.807) is 60.7 Å². The first-order valence-corrected chi connectivity index (χ1v) is 15.3. The molecular formula is C35H37NO8. The van der Waals surface area contributed by atoms with E-state index in [-0.39, 0.29) is 23.5 Å². The summed E-state index contributed by atoms with van der Waals surface area (Å²) >= 11 is 0. The first kappa shape index (κ1) is 29.1. The lowest BCUT2D eigenvalue weighted by Gasteiger charge is -2.59. The van der Waals surface area contributed by atoms with Crippen molar-refractivity contribution in [1.82, 2.24) is 0 Å². The zero-order valence-corrected chi connectivity index (χ0v) is 24.8. The van der Waals surface area contributed by atoms with Gasteiger partial charge in [0.05, 0.1) is 17.8 Å². The summed E-state index contributed by atoms with van der Waals surface area (Å²) in [4.78, 5) is 38.6. The number of hydrogen-bond acceptors (Lipinski definition) is 9. The fourth-order valence-corrected chi connectivity index (χ4v) is 9.35. The molecule has 44 heavy (non-hydrogen) atoms. The molecule has 4 aliphatic carbocycles. The summed E-state index contributed by atoms with van der Waals surface area (Å²) in [5, 5.41) is 22.0. The minimum absolute atomic E-state index is 0.00548. The van der Waals surface area contributed by atoms with Crippen LogP contribution in [0.2, 0.25) is 0 Å². The topological polar surface area (TPSA) is 145 Å². The Morgan fingerprint density at radius 3 is 2.64 bits per heavy atom. The summed E-state index contributed by atoms with van der Waals surface area (Å²) in [6, 6.07) is 13.2. The van der Waals surface area contributed by atoms with Crippen LogP contribution in [0.4, 0.5) is 5.69 Å². The first-order chi connectivity index (χ1) is 21.0. The number of anilines is 1. The number of carbonyl (C=O) groups excluding carboxylic acids is 3. The number of nitrogens with two attached hydrogens (primary N) is 1. The van der Waals surface area contributed by atoms with E-state index in [2.05, 4.69) is 6.92 Å². The number of aliphatic hydroxyl groups excluding tert-OH is 2. The Balaban J connectivity index is 1.15. The molecule has 3 saturated carbocycles. The van der Waals surface area contributed by atoms with Crippen LogP contribution in [-0.4, -0.2) is 52.2 Å². The second-order valence-corrected chi connectivity index (χ2v) is 13.4. The fraction of sp³-hybridized carbons (Fsp3) is 0.457. The van der Waals surface area contributed by atoms with Crippen LogP contribution in [0, 0.1) is 28.6 Å². The minimum atomic E-state index is -1.44. The molecule has 9 nitrogen and oxygen atoms in total. The fourth-order valence-electron chi connectivity index (χ4n) is 9.35. The van der Waals surface area contributed by atoms with Crippen molar-refractivity contribution in [3.63, 3.8) is 0 Å². The highest BCUT2D eigenvalue weighted by Gasteiger charge is 2.75. The zero-order chi connectivity index (χ0) is 31.0. The Labute approximate surface area is 255 Å². The van der Waals surface area contributed by atoms with Gasteiger partial charge in [-0.1, -0.05) is 43.7 Å². The molecule has 2 aromatic carbocycles. The number of nitrogen functional groups attached to an aromatic ring is 1. The normalized spacial score (nSPS) is 38.6. The third-order valence-electron chi connectivity index (χ3n) is 11.3. The van der Waals surface area contributed by atoms with E-state index in [0.29, 0.717) is 35.4 Å². The molecule has 0 bridgehead atoms. The highest BCUT2D eigenvalue weighted by Crippen LogP contribution is 2.70. The van der Waals surface area contributed by atoms with Crippen molar-refractivity contribution in [2.45, 2.75) is 63.6 Å². The van der Waals surface area contributed by atoms with Crippen LogP contribution in [-0.2, 0) is 19.1 Å². The largest absolute Gasteiger partial charge is 0.423 e. The number of rotatable bonds is 5. The molecule has 2 aromatic rings. The number of allylic oxidation sites excluding steroid dienone is 4. The van der Waals surface area contributed by atoms with Gasteiger partial charge in [-0.25, -0.2) is 4.79 Å². The quantitative estimate of drug-likeness (QED) is 0.263. The average molecular weight is 600 g/mol. The highest BCUT2D eigenvalue weighted by atomic mass is 16.7. The summed E-state index contributed by atoms with van der Waals surface area (Å²) < 4.78 is 18.6. The number of esters is 1. The second-order valence-electron chi connectivity index (χ2n) is 13.4. The minimum Gasteiger partial charge on any atom is -0.423 e. The van der Waals surface area contributed by atoms with Crippen molar-refractivity contribution in [3.05, 3.63) is 83.5 Å². The van der Waals surface area contributed by atoms with Crippen molar-refractivity contribution in [2.75, 3.05) is 12.3 Å². The lowest BCUT2D eigenvalue weighted by atomic mass is 9.46. The van der Waals surface area contributed by atoms with Crippen LogP contribution in [0.1, 0.15) is 61.7 Å². The monoisotopic (exact) mass is 599 g/mol. The van der Waals surface area contributed by atoms with Crippen molar-refractivity contribution >= 4 is 23.2 Å². The molecule has 5 aliphatic rings. The molecule has 0 unspecified atom stereocenters. The van der Waals surface area contributed by atoms with Crippen molar-refractivity contribution in [2.24, 2.45) is 28.6 Å². The summed E-state index contributed by atoms with van der Waals surface area (Å²) in [5.74, 6) is -0.704. The Morgan fingerprint density at radius 1 is 1.14 bits per heavy atom. The third kappa shape index (κ3) is 4.10. The lowest BCUT2D eigenvalue weighted by Crippen LogP contribution is -2.63. The van der Waals surface area contributed by atoms with E-state index >= 15 is 0 Å². The summed E-state index contributed by atoms with van der Waals surface area (Å²) in [5.41, 5.74) is 5.59. The average Bonchev–Trinajstić information content (AvgIpc) is 3.50. The molecule has 230 valence electrons.